The lowest BCUT2D eigenvalue weighted by Gasteiger charge is -2.20. The van der Waals surface area contributed by atoms with Gasteiger partial charge in [0, 0.05) is 27.8 Å². The van der Waals surface area contributed by atoms with Gasteiger partial charge in [0.2, 0.25) is 0 Å². The summed E-state index contributed by atoms with van der Waals surface area (Å²) >= 11 is 5.15. The molecule has 0 amide bonds. The third kappa shape index (κ3) is 1.88. The van der Waals surface area contributed by atoms with E-state index >= 15 is 0 Å². The van der Waals surface area contributed by atoms with Crippen molar-refractivity contribution >= 4 is 27.3 Å². The van der Waals surface area contributed by atoms with E-state index in [1.165, 1.54) is 4.88 Å². The number of nitrogens with zero attached hydrogens (tertiary/aromatic N) is 1. The van der Waals surface area contributed by atoms with E-state index in [0.29, 0.717) is 0 Å². The fourth-order valence-corrected chi connectivity index (χ4v) is 2.67. The summed E-state index contributed by atoms with van der Waals surface area (Å²) in [6.45, 7) is 2.43. The van der Waals surface area contributed by atoms with E-state index in [1.807, 2.05) is 0 Å². The first-order valence-corrected chi connectivity index (χ1v) is 5.52. The molecule has 1 aromatic rings. The van der Waals surface area contributed by atoms with Crippen LogP contribution in [0, 0.1) is 0 Å². The van der Waals surface area contributed by atoms with Crippen molar-refractivity contribution in [3.63, 3.8) is 0 Å². The summed E-state index contributed by atoms with van der Waals surface area (Å²) < 4.78 is 6.71. The molecule has 0 bridgehead atoms. The van der Waals surface area contributed by atoms with E-state index in [1.54, 1.807) is 11.3 Å². The molecule has 0 aliphatic carbocycles. The number of thiophene rings is 1. The van der Waals surface area contributed by atoms with Crippen LogP contribution in [-0.2, 0) is 4.74 Å². The number of rotatable bonds is 1. The van der Waals surface area contributed by atoms with E-state index < -0.39 is 0 Å². The number of halogens is 1. The lowest BCUT2D eigenvalue weighted by Crippen LogP contribution is -2.27. The molecule has 0 aromatic carbocycles. The van der Waals surface area contributed by atoms with Gasteiger partial charge >= 0.3 is 0 Å². The third-order valence-electron chi connectivity index (χ3n) is 1.77. The minimum atomic E-state index is 0.204. The highest BCUT2D eigenvalue weighted by molar-refractivity contribution is 9.10. The van der Waals surface area contributed by atoms with E-state index in [-0.39, 0.29) is 6.10 Å². The van der Waals surface area contributed by atoms with Crippen molar-refractivity contribution in [3.8, 4) is 0 Å². The summed E-state index contributed by atoms with van der Waals surface area (Å²) in [4.78, 5) is 1.27. The zero-order valence-electron chi connectivity index (χ0n) is 6.50. The Kier molecular flexibility index (Phi) is 2.80. The van der Waals surface area contributed by atoms with Gasteiger partial charge < -0.3 is 4.74 Å². The maximum atomic E-state index is 5.57. The van der Waals surface area contributed by atoms with Crippen LogP contribution in [-0.4, -0.2) is 19.7 Å². The minimum Gasteiger partial charge on any atom is -0.370 e. The molecule has 1 aliphatic rings. The molecule has 1 unspecified atom stereocenters. The Morgan fingerprint density at radius 2 is 2.58 bits per heavy atom. The van der Waals surface area contributed by atoms with Gasteiger partial charge in [-0.1, -0.05) is 0 Å². The molecule has 1 aliphatic heterocycles. The number of ether oxygens (including phenoxy) is 1. The maximum Gasteiger partial charge on any atom is 0.106 e. The third-order valence-corrected chi connectivity index (χ3v) is 3.55. The monoisotopic (exact) mass is 246 g/mol. The van der Waals surface area contributed by atoms with Crippen LogP contribution in [0.1, 0.15) is 11.0 Å². The summed E-state index contributed by atoms with van der Waals surface area (Å²) in [5.41, 5.74) is 0. The quantitative estimate of drug-likeness (QED) is 0.746. The Bertz CT molecular complexity index is 257. The minimum absolute atomic E-state index is 0.204. The Morgan fingerprint density at radius 3 is 3.17 bits per heavy atom. The smallest absolute Gasteiger partial charge is 0.106 e. The lowest BCUT2D eigenvalue weighted by atomic mass is 10.2. The van der Waals surface area contributed by atoms with Gasteiger partial charge in [-0.15, -0.1) is 11.3 Å². The van der Waals surface area contributed by atoms with E-state index in [0.717, 1.165) is 24.2 Å². The molecule has 1 saturated heterocycles. The molecular weight excluding hydrogens is 238 g/mol. The van der Waals surface area contributed by atoms with Gasteiger partial charge in [0.25, 0.3) is 0 Å². The van der Waals surface area contributed by atoms with Crippen molar-refractivity contribution in [2.24, 2.45) is 0 Å². The molecule has 0 spiro atoms. The molecular formula is C8H9BrNOS. The molecule has 1 radical (unpaired) electrons. The van der Waals surface area contributed by atoms with Crippen LogP contribution < -0.4 is 5.32 Å². The van der Waals surface area contributed by atoms with Crippen LogP contribution in [0.25, 0.3) is 0 Å². The second kappa shape index (κ2) is 3.87. The fraction of sp³-hybridized carbons (Fsp3) is 0.500. The van der Waals surface area contributed by atoms with Gasteiger partial charge in [-0.2, -0.15) is 0 Å². The Morgan fingerprint density at radius 1 is 1.67 bits per heavy atom. The van der Waals surface area contributed by atoms with Crippen molar-refractivity contribution in [3.05, 3.63) is 20.8 Å². The second-order valence-corrected chi connectivity index (χ2v) is 4.51. The van der Waals surface area contributed by atoms with Gasteiger partial charge in [0.15, 0.2) is 0 Å². The number of morpholine rings is 1. The predicted molar refractivity (Wildman–Crippen MR) is 52.6 cm³/mol. The van der Waals surface area contributed by atoms with Crippen LogP contribution in [0.2, 0.25) is 0 Å². The molecule has 0 saturated carbocycles. The lowest BCUT2D eigenvalue weighted by molar-refractivity contribution is 0.0283. The summed E-state index contributed by atoms with van der Waals surface area (Å²) in [7, 11) is 0. The topological polar surface area (TPSA) is 23.3 Å². The average Bonchev–Trinajstić information content (AvgIpc) is 2.54. The van der Waals surface area contributed by atoms with Crippen molar-refractivity contribution in [1.82, 2.24) is 5.32 Å². The highest BCUT2D eigenvalue weighted by Crippen LogP contribution is 2.28. The molecule has 2 nitrogen and oxygen atoms in total. The highest BCUT2D eigenvalue weighted by atomic mass is 79.9. The molecule has 12 heavy (non-hydrogen) atoms. The van der Waals surface area contributed by atoms with Crippen molar-refractivity contribution in [2.75, 3.05) is 19.7 Å². The first-order chi connectivity index (χ1) is 5.86. The van der Waals surface area contributed by atoms with E-state index in [4.69, 9.17) is 4.74 Å². The zero-order chi connectivity index (χ0) is 8.39. The Hall–Kier alpha value is 0.1000. The summed E-state index contributed by atoms with van der Waals surface area (Å²) in [5.74, 6) is 0. The molecule has 4 heteroatoms. The standard InChI is InChI=1S/C8H9BrNOS/c9-6-3-8(12-5-6)7-4-10-1-2-11-7/h3,5,7H,1-2,4H2. The van der Waals surface area contributed by atoms with E-state index in [9.17, 15) is 0 Å². The molecule has 1 atom stereocenters. The van der Waals surface area contributed by atoms with Gasteiger partial charge in [0.05, 0.1) is 6.61 Å². The SMILES string of the molecule is Brc1csc(C2C[N]CCO2)c1. The maximum absolute atomic E-state index is 5.57. The molecule has 2 heterocycles. The summed E-state index contributed by atoms with van der Waals surface area (Å²) in [5, 5.41) is 6.39. The molecule has 65 valence electrons. The van der Waals surface area contributed by atoms with Crippen molar-refractivity contribution in [2.45, 2.75) is 6.10 Å². The van der Waals surface area contributed by atoms with Crippen LogP contribution in [0.15, 0.2) is 15.9 Å². The summed E-state index contributed by atoms with van der Waals surface area (Å²) in [6.07, 6.45) is 0.204. The Balaban J connectivity index is 2.08. The molecule has 2 rings (SSSR count). The highest BCUT2D eigenvalue weighted by Gasteiger charge is 2.17. The summed E-state index contributed by atoms with van der Waals surface area (Å²) in [6, 6.07) is 2.11. The van der Waals surface area contributed by atoms with Gasteiger partial charge in [-0.25, -0.2) is 5.32 Å². The van der Waals surface area contributed by atoms with Gasteiger partial charge in [0.1, 0.15) is 6.10 Å². The number of hydrogen-bond acceptors (Lipinski definition) is 2. The van der Waals surface area contributed by atoms with E-state index in [2.05, 4.69) is 32.7 Å². The first-order valence-electron chi connectivity index (χ1n) is 3.85. The van der Waals surface area contributed by atoms with Crippen molar-refractivity contribution in [1.29, 1.82) is 0 Å². The molecule has 0 N–H and O–H groups in total. The predicted octanol–water partition coefficient (Wildman–Crippen LogP) is 2.19. The van der Waals surface area contributed by atoms with Crippen molar-refractivity contribution < 1.29 is 4.74 Å². The average molecular weight is 247 g/mol. The second-order valence-electron chi connectivity index (χ2n) is 2.66. The van der Waals surface area contributed by atoms with Crippen LogP contribution in [0.4, 0.5) is 0 Å². The fourth-order valence-electron chi connectivity index (χ4n) is 1.19. The van der Waals surface area contributed by atoms with Crippen LogP contribution in [0.5, 0.6) is 0 Å². The largest absolute Gasteiger partial charge is 0.370 e. The van der Waals surface area contributed by atoms with Gasteiger partial charge in [-0.05, 0) is 22.0 Å². The first kappa shape index (κ1) is 8.69. The zero-order valence-corrected chi connectivity index (χ0v) is 8.90. The Labute approximate surface area is 84.1 Å². The molecule has 1 aromatic heterocycles. The number of hydrogen-bond donors (Lipinski definition) is 0. The molecule has 1 fully saturated rings. The van der Waals surface area contributed by atoms with Gasteiger partial charge in [-0.3, -0.25) is 0 Å². The normalized spacial score (nSPS) is 24.2. The van der Waals surface area contributed by atoms with Crippen LogP contribution in [0.3, 0.4) is 0 Å². The van der Waals surface area contributed by atoms with Crippen LogP contribution >= 0.6 is 27.3 Å².